The van der Waals surface area contributed by atoms with Crippen LogP contribution in [0.4, 0.5) is 0 Å². The summed E-state index contributed by atoms with van der Waals surface area (Å²) in [5.41, 5.74) is 0.113. The van der Waals surface area contributed by atoms with Gasteiger partial charge in [0.05, 0.1) is 16.2 Å². The molecule has 4 heteroatoms. The highest BCUT2D eigenvalue weighted by molar-refractivity contribution is 7.13. The average Bonchev–Trinajstić information content (AvgIpc) is 2.55. The maximum absolute atomic E-state index is 12.0. The minimum atomic E-state index is -0.143. The summed E-state index contributed by atoms with van der Waals surface area (Å²) in [5, 5.41) is 10.0. The van der Waals surface area contributed by atoms with Gasteiger partial charge in [-0.2, -0.15) is 0 Å². The second kappa shape index (κ2) is 3.71. The van der Waals surface area contributed by atoms with E-state index in [4.69, 9.17) is 0 Å². The fourth-order valence-corrected chi connectivity index (χ4v) is 3.32. The number of hydrogen-bond acceptors (Lipinski definition) is 3. The third-order valence-electron chi connectivity index (χ3n) is 3.19. The molecule has 1 aromatic heterocycles. The molecule has 1 aliphatic rings. The quantitative estimate of drug-likeness (QED) is 0.863. The van der Waals surface area contributed by atoms with Crippen LogP contribution in [0.1, 0.15) is 12.8 Å². The lowest BCUT2D eigenvalue weighted by Crippen LogP contribution is -2.33. The maximum Gasteiger partial charge on any atom is 0.268 e. The van der Waals surface area contributed by atoms with E-state index in [-0.39, 0.29) is 11.7 Å². The van der Waals surface area contributed by atoms with Crippen LogP contribution in [0, 0.1) is 5.92 Å². The van der Waals surface area contributed by atoms with Crippen LogP contribution in [0.25, 0.3) is 10.1 Å². The maximum atomic E-state index is 12.0. The van der Waals surface area contributed by atoms with Gasteiger partial charge >= 0.3 is 0 Å². The molecule has 0 aliphatic heterocycles. The first-order chi connectivity index (χ1) is 7.74. The summed E-state index contributed by atoms with van der Waals surface area (Å²) in [6, 6.07) is 7.71. The first-order valence-electron chi connectivity index (χ1n) is 5.51. The van der Waals surface area contributed by atoms with Crippen LogP contribution in [-0.2, 0) is 6.54 Å². The van der Waals surface area contributed by atoms with Crippen LogP contribution >= 0.6 is 11.5 Å². The van der Waals surface area contributed by atoms with Crippen molar-refractivity contribution in [1.29, 1.82) is 0 Å². The van der Waals surface area contributed by atoms with Crippen molar-refractivity contribution in [3.63, 3.8) is 0 Å². The van der Waals surface area contributed by atoms with Gasteiger partial charge < -0.3 is 5.11 Å². The van der Waals surface area contributed by atoms with E-state index >= 15 is 0 Å². The van der Waals surface area contributed by atoms with Gasteiger partial charge in [-0.15, -0.1) is 0 Å². The molecule has 1 aliphatic carbocycles. The number of hydrogen-bond donors (Lipinski definition) is 1. The number of fused-ring (bicyclic) bond motifs is 1. The van der Waals surface area contributed by atoms with E-state index in [0.717, 1.165) is 29.5 Å². The van der Waals surface area contributed by atoms with Gasteiger partial charge in [-0.3, -0.25) is 8.75 Å². The Morgan fingerprint density at radius 3 is 2.81 bits per heavy atom. The van der Waals surface area contributed by atoms with Gasteiger partial charge in [0, 0.05) is 6.54 Å². The molecule has 3 rings (SSSR count). The Morgan fingerprint density at radius 1 is 1.38 bits per heavy atom. The Labute approximate surface area is 97.1 Å². The van der Waals surface area contributed by atoms with Crippen LogP contribution in [0.3, 0.4) is 0 Å². The highest BCUT2D eigenvalue weighted by Crippen LogP contribution is 2.29. The molecule has 0 atom stereocenters. The number of aliphatic hydroxyl groups is 1. The van der Waals surface area contributed by atoms with Crippen molar-refractivity contribution in [2.75, 3.05) is 0 Å². The molecule has 1 N–H and O–H groups in total. The van der Waals surface area contributed by atoms with E-state index in [9.17, 15) is 9.90 Å². The standard InChI is InChI=1S/C12H13NO2S/c14-9-5-8(6-9)7-13-12(15)10-3-1-2-4-11(10)16-13/h1-4,8-9,14H,5-7H2. The minimum absolute atomic E-state index is 0.113. The summed E-state index contributed by atoms with van der Waals surface area (Å²) in [5.74, 6) is 0.473. The molecule has 0 saturated heterocycles. The fraction of sp³-hybridized carbons (Fsp3) is 0.417. The van der Waals surface area contributed by atoms with Crippen LogP contribution in [0.2, 0.25) is 0 Å². The number of benzene rings is 1. The summed E-state index contributed by atoms with van der Waals surface area (Å²) in [7, 11) is 0. The molecule has 1 saturated carbocycles. The molecule has 0 spiro atoms. The smallest absolute Gasteiger partial charge is 0.268 e. The van der Waals surface area contributed by atoms with Crippen molar-refractivity contribution in [3.05, 3.63) is 34.6 Å². The molecule has 16 heavy (non-hydrogen) atoms. The second-order valence-corrected chi connectivity index (χ2v) is 5.51. The van der Waals surface area contributed by atoms with E-state index in [2.05, 4.69) is 0 Å². The van der Waals surface area contributed by atoms with Gasteiger partial charge in [-0.05, 0) is 30.9 Å². The SMILES string of the molecule is O=c1c2ccccc2sn1CC1CC(O)C1. The topological polar surface area (TPSA) is 42.2 Å². The summed E-state index contributed by atoms with van der Waals surface area (Å²) in [6.07, 6.45) is 1.52. The van der Waals surface area contributed by atoms with Gasteiger partial charge in [0.15, 0.2) is 0 Å². The number of nitrogens with zero attached hydrogens (tertiary/aromatic N) is 1. The normalized spacial score (nSPS) is 24.6. The van der Waals surface area contributed by atoms with Crippen molar-refractivity contribution in [3.8, 4) is 0 Å². The molecular weight excluding hydrogens is 222 g/mol. The first-order valence-corrected chi connectivity index (χ1v) is 6.28. The highest BCUT2D eigenvalue weighted by Gasteiger charge is 2.28. The van der Waals surface area contributed by atoms with E-state index in [1.807, 2.05) is 28.2 Å². The van der Waals surface area contributed by atoms with Crippen LogP contribution in [0.5, 0.6) is 0 Å². The van der Waals surface area contributed by atoms with Crippen molar-refractivity contribution in [2.24, 2.45) is 5.92 Å². The van der Waals surface area contributed by atoms with Crippen molar-refractivity contribution < 1.29 is 5.11 Å². The number of rotatable bonds is 2. The molecule has 1 aromatic carbocycles. The van der Waals surface area contributed by atoms with Crippen LogP contribution in [-0.4, -0.2) is 15.2 Å². The Balaban J connectivity index is 1.92. The van der Waals surface area contributed by atoms with E-state index in [0.29, 0.717) is 5.92 Å². The predicted octanol–water partition coefficient (Wildman–Crippen LogP) is 1.83. The minimum Gasteiger partial charge on any atom is -0.393 e. The van der Waals surface area contributed by atoms with Gasteiger partial charge in [0.25, 0.3) is 5.56 Å². The van der Waals surface area contributed by atoms with Crippen LogP contribution < -0.4 is 5.56 Å². The van der Waals surface area contributed by atoms with Crippen molar-refractivity contribution >= 4 is 21.6 Å². The van der Waals surface area contributed by atoms with E-state index in [1.54, 1.807) is 0 Å². The largest absolute Gasteiger partial charge is 0.393 e. The van der Waals surface area contributed by atoms with Crippen molar-refractivity contribution in [2.45, 2.75) is 25.5 Å². The zero-order chi connectivity index (χ0) is 11.1. The van der Waals surface area contributed by atoms with Gasteiger partial charge in [-0.1, -0.05) is 23.7 Å². The Morgan fingerprint density at radius 2 is 2.12 bits per heavy atom. The monoisotopic (exact) mass is 235 g/mol. The molecule has 0 bridgehead atoms. The summed E-state index contributed by atoms with van der Waals surface area (Å²) < 4.78 is 2.87. The fourth-order valence-electron chi connectivity index (χ4n) is 2.22. The van der Waals surface area contributed by atoms with E-state index < -0.39 is 0 Å². The molecule has 3 nitrogen and oxygen atoms in total. The Hall–Kier alpha value is -1.13. The molecule has 2 aromatic rings. The summed E-state index contributed by atoms with van der Waals surface area (Å²) in [4.78, 5) is 12.0. The molecule has 0 amide bonds. The lowest BCUT2D eigenvalue weighted by molar-refractivity contribution is 0.0362. The lowest BCUT2D eigenvalue weighted by Gasteiger charge is -2.30. The molecular formula is C12H13NO2S. The zero-order valence-corrected chi connectivity index (χ0v) is 9.61. The summed E-state index contributed by atoms with van der Waals surface area (Å²) >= 11 is 1.53. The first kappa shape index (κ1) is 10.1. The van der Waals surface area contributed by atoms with Gasteiger partial charge in [0.1, 0.15) is 0 Å². The molecule has 1 fully saturated rings. The molecule has 0 unspecified atom stereocenters. The Bertz CT molecular complexity index is 566. The van der Waals surface area contributed by atoms with Gasteiger partial charge in [0.2, 0.25) is 0 Å². The van der Waals surface area contributed by atoms with E-state index in [1.165, 1.54) is 11.5 Å². The third-order valence-corrected chi connectivity index (χ3v) is 4.28. The second-order valence-electron chi connectivity index (χ2n) is 4.44. The average molecular weight is 235 g/mol. The zero-order valence-electron chi connectivity index (χ0n) is 8.80. The molecule has 84 valence electrons. The summed E-state index contributed by atoms with van der Waals surface area (Å²) in [6.45, 7) is 0.759. The highest BCUT2D eigenvalue weighted by atomic mass is 32.1. The van der Waals surface area contributed by atoms with Gasteiger partial charge in [-0.25, -0.2) is 0 Å². The molecule has 1 heterocycles. The third kappa shape index (κ3) is 1.58. The predicted molar refractivity (Wildman–Crippen MR) is 64.8 cm³/mol. The lowest BCUT2D eigenvalue weighted by atomic mass is 9.82. The van der Waals surface area contributed by atoms with Crippen LogP contribution in [0.15, 0.2) is 29.1 Å². The number of aliphatic hydroxyl groups excluding tert-OH is 1. The Kier molecular flexibility index (Phi) is 2.33. The number of aromatic nitrogens is 1. The van der Waals surface area contributed by atoms with Crippen molar-refractivity contribution in [1.82, 2.24) is 3.96 Å². The molecule has 0 radical (unpaired) electrons.